The summed E-state index contributed by atoms with van der Waals surface area (Å²) in [6.07, 6.45) is -0.528. The van der Waals surface area contributed by atoms with Gasteiger partial charge >= 0.3 is 6.18 Å². The first-order chi connectivity index (χ1) is 14.8. The average Bonchev–Trinajstić information content (AvgIpc) is 3.10. The van der Waals surface area contributed by atoms with E-state index in [0.29, 0.717) is 10.6 Å². The molecule has 2 aromatic heterocycles. The molecule has 0 aliphatic carbocycles. The minimum Gasteiger partial charge on any atom is -0.391 e. The van der Waals surface area contributed by atoms with Gasteiger partial charge in [0.05, 0.1) is 22.3 Å². The van der Waals surface area contributed by atoms with Crippen molar-refractivity contribution in [1.29, 1.82) is 0 Å². The molecule has 4 rings (SSSR count). The Kier molecular flexibility index (Phi) is 5.89. The quantitative estimate of drug-likeness (QED) is 0.238. The maximum absolute atomic E-state index is 12.9. The molecule has 2 heterocycles. The lowest BCUT2D eigenvalue weighted by atomic mass is 10.2. The second-order valence-corrected chi connectivity index (χ2v) is 7.48. The third-order valence-electron chi connectivity index (χ3n) is 4.53. The molecule has 0 unspecified atom stereocenters. The Morgan fingerprint density at radius 3 is 2.52 bits per heavy atom. The Labute approximate surface area is 185 Å². The molecule has 0 spiro atoms. The number of benzene rings is 2. The third-order valence-corrected chi connectivity index (χ3v) is 5.06. The molecule has 0 bridgehead atoms. The van der Waals surface area contributed by atoms with E-state index in [-0.39, 0.29) is 17.4 Å². The number of hydrogen-bond donors (Lipinski definition) is 0. The van der Waals surface area contributed by atoms with Crippen LogP contribution in [-0.2, 0) is 17.6 Å². The van der Waals surface area contributed by atoms with E-state index in [2.05, 4.69) is 10.1 Å². The van der Waals surface area contributed by atoms with Gasteiger partial charge in [-0.1, -0.05) is 58.7 Å². The SMILES string of the molecule is FC(F)(F)c1cnc(-n2cc(/C=N\OCc3ccc(Cl)cc3)c3ccccc32)c(Cl)c1. The summed E-state index contributed by atoms with van der Waals surface area (Å²) in [6.45, 7) is 0.262. The first-order valence-corrected chi connectivity index (χ1v) is 9.81. The van der Waals surface area contributed by atoms with Crippen LogP contribution in [-0.4, -0.2) is 15.8 Å². The molecule has 0 saturated carbocycles. The first kappa shape index (κ1) is 21.2. The lowest BCUT2D eigenvalue weighted by Gasteiger charge is -2.10. The summed E-state index contributed by atoms with van der Waals surface area (Å²) in [7, 11) is 0. The lowest BCUT2D eigenvalue weighted by Crippen LogP contribution is -2.07. The zero-order valence-electron chi connectivity index (χ0n) is 15.8. The summed E-state index contributed by atoms with van der Waals surface area (Å²) in [5.74, 6) is 0.188. The lowest BCUT2D eigenvalue weighted by molar-refractivity contribution is -0.137. The zero-order valence-corrected chi connectivity index (χ0v) is 17.3. The summed E-state index contributed by atoms with van der Waals surface area (Å²) in [6, 6.07) is 15.4. The van der Waals surface area contributed by atoms with Crippen LogP contribution in [0.25, 0.3) is 16.7 Å². The molecule has 0 radical (unpaired) electrons. The van der Waals surface area contributed by atoms with Crippen LogP contribution < -0.4 is 0 Å². The van der Waals surface area contributed by atoms with E-state index >= 15 is 0 Å². The van der Waals surface area contributed by atoms with Crippen LogP contribution in [0.5, 0.6) is 0 Å². The van der Waals surface area contributed by atoms with Crippen LogP contribution in [0.2, 0.25) is 10.0 Å². The van der Waals surface area contributed by atoms with Crippen molar-refractivity contribution in [2.45, 2.75) is 12.8 Å². The largest absolute Gasteiger partial charge is 0.417 e. The van der Waals surface area contributed by atoms with Crippen molar-refractivity contribution in [3.8, 4) is 5.82 Å². The van der Waals surface area contributed by atoms with E-state index < -0.39 is 11.7 Å². The maximum Gasteiger partial charge on any atom is 0.417 e. The van der Waals surface area contributed by atoms with Gasteiger partial charge < -0.3 is 4.84 Å². The van der Waals surface area contributed by atoms with Gasteiger partial charge in [-0.25, -0.2) is 4.98 Å². The van der Waals surface area contributed by atoms with E-state index in [9.17, 15) is 13.2 Å². The molecule has 4 nitrogen and oxygen atoms in total. The predicted octanol–water partition coefficient (Wildman–Crippen LogP) is 6.90. The van der Waals surface area contributed by atoms with Crippen LogP contribution >= 0.6 is 23.2 Å². The number of rotatable bonds is 5. The van der Waals surface area contributed by atoms with E-state index in [0.717, 1.165) is 28.7 Å². The van der Waals surface area contributed by atoms with Gasteiger partial charge in [-0.2, -0.15) is 13.2 Å². The van der Waals surface area contributed by atoms with Gasteiger partial charge in [-0.3, -0.25) is 4.57 Å². The normalized spacial score (nSPS) is 12.0. The Morgan fingerprint density at radius 1 is 1.06 bits per heavy atom. The van der Waals surface area contributed by atoms with Crippen molar-refractivity contribution in [2.24, 2.45) is 5.16 Å². The highest BCUT2D eigenvalue weighted by Crippen LogP contribution is 2.33. The Bertz CT molecular complexity index is 1250. The smallest absolute Gasteiger partial charge is 0.391 e. The standard InChI is InChI=1S/C22H14Cl2F3N3O/c23-17-7-5-14(6-8-17)13-31-29-10-15-12-30(20-4-2-1-3-18(15)20)21-19(24)9-16(11-28-21)22(25,26)27/h1-12H,13H2/b29-10-. The zero-order chi connectivity index (χ0) is 22.0. The van der Waals surface area contributed by atoms with Gasteiger partial charge in [0.15, 0.2) is 5.82 Å². The van der Waals surface area contributed by atoms with Crippen molar-refractivity contribution >= 4 is 40.3 Å². The van der Waals surface area contributed by atoms with Gasteiger partial charge in [0.25, 0.3) is 0 Å². The van der Waals surface area contributed by atoms with Crippen molar-refractivity contribution in [3.05, 3.63) is 93.7 Å². The van der Waals surface area contributed by atoms with Gasteiger partial charge in [-0.15, -0.1) is 0 Å². The topological polar surface area (TPSA) is 39.4 Å². The highest BCUT2D eigenvalue weighted by atomic mass is 35.5. The van der Waals surface area contributed by atoms with Gasteiger partial charge in [0.1, 0.15) is 6.61 Å². The van der Waals surface area contributed by atoms with E-state index in [1.54, 1.807) is 22.9 Å². The maximum atomic E-state index is 12.9. The first-order valence-electron chi connectivity index (χ1n) is 9.06. The number of aromatic nitrogens is 2. The number of pyridine rings is 1. The second-order valence-electron chi connectivity index (χ2n) is 6.63. The van der Waals surface area contributed by atoms with Gasteiger partial charge in [-0.05, 0) is 29.8 Å². The summed E-state index contributed by atoms with van der Waals surface area (Å²) in [5, 5.41) is 5.35. The Morgan fingerprint density at radius 2 is 1.81 bits per heavy atom. The molecule has 9 heteroatoms. The number of hydrogen-bond acceptors (Lipinski definition) is 3. The van der Waals surface area contributed by atoms with Crippen molar-refractivity contribution < 1.29 is 18.0 Å². The molecule has 0 fully saturated rings. The molecule has 0 N–H and O–H groups in total. The average molecular weight is 464 g/mol. The monoisotopic (exact) mass is 463 g/mol. The fourth-order valence-electron chi connectivity index (χ4n) is 3.03. The van der Waals surface area contributed by atoms with Crippen LogP contribution in [0, 0.1) is 0 Å². The highest BCUT2D eigenvalue weighted by molar-refractivity contribution is 6.32. The van der Waals surface area contributed by atoms with Crippen molar-refractivity contribution in [1.82, 2.24) is 9.55 Å². The van der Waals surface area contributed by atoms with Crippen LogP contribution in [0.1, 0.15) is 16.7 Å². The molecular weight excluding hydrogens is 450 g/mol. The van der Waals surface area contributed by atoms with Crippen molar-refractivity contribution in [3.63, 3.8) is 0 Å². The number of nitrogens with zero attached hydrogens (tertiary/aromatic N) is 3. The Hall–Kier alpha value is -3.03. The molecule has 2 aromatic carbocycles. The number of para-hydroxylation sites is 1. The second kappa shape index (κ2) is 8.61. The summed E-state index contributed by atoms with van der Waals surface area (Å²) in [5.41, 5.74) is 1.42. The number of fused-ring (bicyclic) bond motifs is 1. The Balaban J connectivity index is 1.62. The predicted molar refractivity (Wildman–Crippen MR) is 115 cm³/mol. The molecule has 0 atom stereocenters. The summed E-state index contributed by atoms with van der Waals surface area (Å²) >= 11 is 12.0. The van der Waals surface area contributed by atoms with Crippen molar-refractivity contribution in [2.75, 3.05) is 0 Å². The molecule has 4 aromatic rings. The number of halogens is 5. The number of oxime groups is 1. The third kappa shape index (κ3) is 4.68. The molecular formula is C22H14Cl2F3N3O. The molecule has 0 saturated heterocycles. The number of alkyl halides is 3. The highest BCUT2D eigenvalue weighted by Gasteiger charge is 2.31. The molecule has 0 aliphatic rings. The summed E-state index contributed by atoms with van der Waals surface area (Å²) < 4.78 is 40.4. The van der Waals surface area contributed by atoms with Crippen LogP contribution in [0.4, 0.5) is 13.2 Å². The minimum atomic E-state index is -4.52. The molecule has 0 aliphatic heterocycles. The van der Waals surface area contributed by atoms with Gasteiger partial charge in [0, 0.05) is 28.4 Å². The van der Waals surface area contributed by atoms with E-state index in [1.807, 2.05) is 36.4 Å². The fraction of sp³-hybridized carbons (Fsp3) is 0.0909. The van der Waals surface area contributed by atoms with Crippen LogP contribution in [0.3, 0.4) is 0 Å². The minimum absolute atomic E-state index is 0.113. The molecule has 31 heavy (non-hydrogen) atoms. The molecule has 158 valence electrons. The van der Waals surface area contributed by atoms with Crippen LogP contribution in [0.15, 0.2) is 72.1 Å². The molecule has 0 amide bonds. The van der Waals surface area contributed by atoms with E-state index in [1.165, 1.54) is 6.21 Å². The van der Waals surface area contributed by atoms with E-state index in [4.69, 9.17) is 28.0 Å². The fourth-order valence-corrected chi connectivity index (χ4v) is 3.42. The van der Waals surface area contributed by atoms with Gasteiger partial charge in [0.2, 0.25) is 0 Å². The summed E-state index contributed by atoms with van der Waals surface area (Å²) in [4.78, 5) is 9.30.